The molecule has 0 amide bonds. The van der Waals surface area contributed by atoms with Crippen LogP contribution in [-0.4, -0.2) is 34.6 Å². The Morgan fingerprint density at radius 1 is 1.00 bits per heavy atom. The van der Waals surface area contributed by atoms with Crippen molar-refractivity contribution in [1.82, 2.24) is 34.6 Å². The fourth-order valence-electron chi connectivity index (χ4n) is 2.47. The van der Waals surface area contributed by atoms with Crippen molar-refractivity contribution in [3.63, 3.8) is 0 Å². The van der Waals surface area contributed by atoms with E-state index in [4.69, 9.17) is 4.74 Å². The molecule has 0 saturated carbocycles. The molecule has 0 saturated heterocycles. The Hall–Kier alpha value is -3.75. The Labute approximate surface area is 148 Å². The highest BCUT2D eigenvalue weighted by atomic mass is 16.5. The van der Waals surface area contributed by atoms with Crippen LogP contribution in [0.5, 0.6) is 6.01 Å². The van der Waals surface area contributed by atoms with Gasteiger partial charge in [-0.3, -0.25) is 0 Å². The minimum atomic E-state index is -0.330. The van der Waals surface area contributed by atoms with Crippen molar-refractivity contribution in [3.8, 4) is 17.4 Å². The number of aromatic nitrogens is 7. The van der Waals surface area contributed by atoms with Gasteiger partial charge in [0.25, 0.3) is 0 Å². The van der Waals surface area contributed by atoms with Gasteiger partial charge in [0.2, 0.25) is 0 Å². The second-order valence-electron chi connectivity index (χ2n) is 5.52. The van der Waals surface area contributed by atoms with Gasteiger partial charge >= 0.3 is 11.7 Å². The number of hydrogen-bond donors (Lipinski definition) is 0. The number of nitrogens with zero attached hydrogens (tertiary/aromatic N) is 7. The van der Waals surface area contributed by atoms with E-state index in [0.29, 0.717) is 5.69 Å². The van der Waals surface area contributed by atoms with Crippen LogP contribution in [0, 0.1) is 0 Å². The summed E-state index contributed by atoms with van der Waals surface area (Å²) in [5.41, 5.74) is 1.93. The molecule has 2 heterocycles. The third kappa shape index (κ3) is 2.97. The van der Waals surface area contributed by atoms with Gasteiger partial charge in [-0.25, -0.2) is 9.48 Å². The molecule has 9 nitrogen and oxygen atoms in total. The quantitative estimate of drug-likeness (QED) is 0.536. The molecule has 0 aliphatic rings. The molecule has 0 N–H and O–H groups in total. The standard InChI is InChI=1S/C17H15N7O2/c1-22-17(25)24(21-20-22)15-10-6-5-7-13(15)11-26-16-18-12-23(19-16)14-8-3-2-4-9-14/h2-10,12H,11H2,1H3. The van der Waals surface area contributed by atoms with Gasteiger partial charge in [-0.15, -0.1) is 5.10 Å². The molecule has 0 fully saturated rings. The third-order valence-corrected chi connectivity index (χ3v) is 3.79. The molecule has 130 valence electrons. The molecule has 2 aromatic carbocycles. The Morgan fingerprint density at radius 2 is 1.77 bits per heavy atom. The summed E-state index contributed by atoms with van der Waals surface area (Å²) in [4.78, 5) is 16.2. The van der Waals surface area contributed by atoms with E-state index in [1.807, 2.05) is 48.5 Å². The van der Waals surface area contributed by atoms with Crippen molar-refractivity contribution in [2.75, 3.05) is 0 Å². The van der Waals surface area contributed by atoms with E-state index in [0.717, 1.165) is 11.3 Å². The van der Waals surface area contributed by atoms with Crippen molar-refractivity contribution < 1.29 is 4.74 Å². The maximum Gasteiger partial charge on any atom is 0.368 e. The topological polar surface area (TPSA) is 92.7 Å². The van der Waals surface area contributed by atoms with E-state index in [-0.39, 0.29) is 18.3 Å². The van der Waals surface area contributed by atoms with E-state index in [9.17, 15) is 4.79 Å². The fraction of sp³-hybridized carbons (Fsp3) is 0.118. The predicted octanol–water partition coefficient (Wildman–Crippen LogP) is 1.13. The lowest BCUT2D eigenvalue weighted by atomic mass is 10.2. The van der Waals surface area contributed by atoms with E-state index in [2.05, 4.69) is 20.5 Å². The number of benzene rings is 2. The average Bonchev–Trinajstić information content (AvgIpc) is 3.29. The molecule has 0 radical (unpaired) electrons. The minimum Gasteiger partial charge on any atom is -0.457 e. The number of ether oxygens (including phenoxy) is 1. The molecular formula is C17H15N7O2. The Bertz CT molecular complexity index is 1080. The second-order valence-corrected chi connectivity index (χ2v) is 5.52. The zero-order valence-corrected chi connectivity index (χ0v) is 13.9. The van der Waals surface area contributed by atoms with E-state index < -0.39 is 0 Å². The van der Waals surface area contributed by atoms with E-state index in [1.165, 1.54) is 9.36 Å². The van der Waals surface area contributed by atoms with Crippen LogP contribution in [0.25, 0.3) is 11.4 Å². The molecule has 0 aliphatic carbocycles. The second kappa shape index (κ2) is 6.63. The minimum absolute atomic E-state index is 0.192. The predicted molar refractivity (Wildman–Crippen MR) is 92.3 cm³/mol. The summed E-state index contributed by atoms with van der Waals surface area (Å²) < 4.78 is 9.72. The van der Waals surface area contributed by atoms with Gasteiger partial charge in [-0.05, 0) is 28.6 Å². The molecule has 0 atom stereocenters. The monoisotopic (exact) mass is 349 g/mol. The lowest BCUT2D eigenvalue weighted by molar-refractivity contribution is 0.280. The smallest absolute Gasteiger partial charge is 0.368 e. The van der Waals surface area contributed by atoms with Gasteiger partial charge in [-0.1, -0.05) is 36.4 Å². The van der Waals surface area contributed by atoms with Crippen LogP contribution in [0.1, 0.15) is 5.56 Å². The first kappa shape index (κ1) is 15.8. The van der Waals surface area contributed by atoms with Crippen molar-refractivity contribution in [2.45, 2.75) is 6.61 Å². The largest absolute Gasteiger partial charge is 0.457 e. The van der Waals surface area contributed by atoms with Crippen LogP contribution in [0.2, 0.25) is 0 Å². The van der Waals surface area contributed by atoms with Gasteiger partial charge in [0.1, 0.15) is 12.9 Å². The van der Waals surface area contributed by atoms with Gasteiger partial charge < -0.3 is 4.74 Å². The first-order chi connectivity index (χ1) is 12.7. The van der Waals surface area contributed by atoms with Gasteiger partial charge in [0, 0.05) is 12.6 Å². The molecule has 0 aliphatic heterocycles. The molecule has 4 rings (SSSR count). The first-order valence-electron chi connectivity index (χ1n) is 7.89. The van der Waals surface area contributed by atoms with Crippen LogP contribution in [0.15, 0.2) is 65.7 Å². The van der Waals surface area contributed by atoms with Gasteiger partial charge in [0.05, 0.1) is 11.4 Å². The van der Waals surface area contributed by atoms with Gasteiger partial charge in [0.15, 0.2) is 0 Å². The maximum absolute atomic E-state index is 12.1. The van der Waals surface area contributed by atoms with E-state index in [1.54, 1.807) is 24.1 Å². The molecule has 4 aromatic rings. The summed E-state index contributed by atoms with van der Waals surface area (Å²) in [7, 11) is 1.55. The maximum atomic E-state index is 12.1. The number of rotatable bonds is 5. The Morgan fingerprint density at radius 3 is 2.54 bits per heavy atom. The highest BCUT2D eigenvalue weighted by Gasteiger charge is 2.12. The van der Waals surface area contributed by atoms with Crippen LogP contribution in [0.3, 0.4) is 0 Å². The van der Waals surface area contributed by atoms with Gasteiger partial charge in [-0.2, -0.15) is 14.3 Å². The summed E-state index contributed by atoms with van der Waals surface area (Å²) in [6, 6.07) is 17.2. The molecule has 0 spiro atoms. The highest BCUT2D eigenvalue weighted by Crippen LogP contribution is 2.15. The molecule has 0 unspecified atom stereocenters. The lowest BCUT2D eigenvalue weighted by Gasteiger charge is -2.07. The van der Waals surface area contributed by atoms with Crippen LogP contribution in [0.4, 0.5) is 0 Å². The number of hydrogen-bond acceptors (Lipinski definition) is 6. The van der Waals surface area contributed by atoms with Crippen molar-refractivity contribution in [3.05, 3.63) is 77.0 Å². The normalized spacial score (nSPS) is 10.8. The van der Waals surface area contributed by atoms with Crippen molar-refractivity contribution >= 4 is 0 Å². The lowest BCUT2D eigenvalue weighted by Crippen LogP contribution is -2.23. The van der Waals surface area contributed by atoms with Crippen LogP contribution >= 0.6 is 0 Å². The number of aryl methyl sites for hydroxylation is 1. The first-order valence-corrected chi connectivity index (χ1v) is 7.89. The molecule has 26 heavy (non-hydrogen) atoms. The van der Waals surface area contributed by atoms with Crippen molar-refractivity contribution in [1.29, 1.82) is 0 Å². The molecule has 0 bridgehead atoms. The third-order valence-electron chi connectivity index (χ3n) is 3.79. The number of tetrazole rings is 1. The van der Waals surface area contributed by atoms with Crippen LogP contribution in [-0.2, 0) is 13.7 Å². The summed E-state index contributed by atoms with van der Waals surface area (Å²) in [5.74, 6) is 0. The van der Waals surface area contributed by atoms with E-state index >= 15 is 0 Å². The average molecular weight is 349 g/mol. The summed E-state index contributed by atoms with van der Waals surface area (Å²) in [6.45, 7) is 0.192. The summed E-state index contributed by atoms with van der Waals surface area (Å²) >= 11 is 0. The number of para-hydroxylation sites is 2. The molecule has 2 aromatic heterocycles. The Kier molecular flexibility index (Phi) is 4.02. The molecular weight excluding hydrogens is 334 g/mol. The summed E-state index contributed by atoms with van der Waals surface area (Å²) in [6.07, 6.45) is 1.59. The zero-order chi connectivity index (χ0) is 17.9. The Balaban J connectivity index is 1.55. The SMILES string of the molecule is Cn1nnn(-c2ccccc2COc2ncn(-c3ccccc3)n2)c1=O. The van der Waals surface area contributed by atoms with Crippen LogP contribution < -0.4 is 10.4 Å². The fourth-order valence-corrected chi connectivity index (χ4v) is 2.47. The highest BCUT2D eigenvalue weighted by molar-refractivity contribution is 5.39. The zero-order valence-electron chi connectivity index (χ0n) is 13.9. The van der Waals surface area contributed by atoms with Crippen molar-refractivity contribution in [2.24, 2.45) is 7.05 Å². The summed E-state index contributed by atoms with van der Waals surface area (Å²) in [5, 5.41) is 11.9. The molecule has 9 heteroatoms.